The van der Waals surface area contributed by atoms with Gasteiger partial charge >= 0.3 is 0 Å². The first-order chi connectivity index (χ1) is 7.65. The minimum atomic E-state index is 0.136. The summed E-state index contributed by atoms with van der Waals surface area (Å²) in [6.07, 6.45) is 1.52. The highest BCUT2D eigenvalue weighted by Gasteiger charge is 2.20. The fourth-order valence-corrected chi connectivity index (χ4v) is 2.26. The molecule has 1 saturated heterocycles. The smallest absolute Gasteiger partial charge is 0.220 e. The Morgan fingerprint density at radius 2 is 2.38 bits per heavy atom. The van der Waals surface area contributed by atoms with Crippen LogP contribution in [-0.2, 0) is 4.79 Å². The van der Waals surface area contributed by atoms with Gasteiger partial charge in [-0.1, -0.05) is 11.6 Å². The van der Waals surface area contributed by atoms with Crippen LogP contribution in [0.3, 0.4) is 0 Å². The summed E-state index contributed by atoms with van der Waals surface area (Å²) in [4.78, 5) is 11.0. The molecule has 1 fully saturated rings. The Hall–Kier alpha value is -0.740. The fourth-order valence-electron chi connectivity index (χ4n) is 1.70. The summed E-state index contributed by atoms with van der Waals surface area (Å²) in [6, 6.07) is 5.81. The van der Waals surface area contributed by atoms with Crippen LogP contribution in [0.5, 0.6) is 0 Å². The van der Waals surface area contributed by atoms with Crippen molar-refractivity contribution in [2.75, 3.05) is 11.9 Å². The van der Waals surface area contributed by atoms with E-state index in [1.54, 1.807) is 0 Å². The summed E-state index contributed by atoms with van der Waals surface area (Å²) in [5.74, 6) is 0.136. The van der Waals surface area contributed by atoms with Crippen LogP contribution in [0.1, 0.15) is 12.8 Å². The Bertz CT molecular complexity index is 411. The van der Waals surface area contributed by atoms with Gasteiger partial charge in [-0.15, -0.1) is 0 Å². The summed E-state index contributed by atoms with van der Waals surface area (Å²) in [6.45, 7) is 0.727. The minimum absolute atomic E-state index is 0.136. The van der Waals surface area contributed by atoms with Crippen molar-refractivity contribution in [2.24, 2.45) is 0 Å². The maximum Gasteiger partial charge on any atom is 0.220 e. The molecule has 1 unspecified atom stereocenters. The van der Waals surface area contributed by atoms with Crippen molar-refractivity contribution < 1.29 is 4.79 Å². The highest BCUT2D eigenvalue weighted by atomic mass is 79.9. The van der Waals surface area contributed by atoms with Crippen molar-refractivity contribution in [2.45, 2.75) is 18.9 Å². The molecule has 0 aromatic heterocycles. The Labute approximate surface area is 108 Å². The molecule has 1 heterocycles. The van der Waals surface area contributed by atoms with Crippen LogP contribution in [-0.4, -0.2) is 18.5 Å². The van der Waals surface area contributed by atoms with Crippen molar-refractivity contribution in [3.63, 3.8) is 0 Å². The minimum Gasteiger partial charge on any atom is -0.382 e. The van der Waals surface area contributed by atoms with Crippen LogP contribution in [0.2, 0.25) is 5.02 Å². The van der Waals surface area contributed by atoms with E-state index >= 15 is 0 Å². The van der Waals surface area contributed by atoms with Crippen molar-refractivity contribution in [3.8, 4) is 0 Å². The first kappa shape index (κ1) is 11.7. The van der Waals surface area contributed by atoms with Gasteiger partial charge < -0.3 is 10.6 Å². The van der Waals surface area contributed by atoms with Gasteiger partial charge in [0.2, 0.25) is 5.91 Å². The summed E-state index contributed by atoms with van der Waals surface area (Å²) < 4.78 is 0.973. The maximum absolute atomic E-state index is 11.0. The van der Waals surface area contributed by atoms with E-state index in [4.69, 9.17) is 11.6 Å². The molecule has 0 radical (unpaired) electrons. The molecule has 0 bridgehead atoms. The van der Waals surface area contributed by atoms with E-state index in [1.807, 2.05) is 18.2 Å². The van der Waals surface area contributed by atoms with Crippen LogP contribution in [0, 0.1) is 0 Å². The predicted molar refractivity (Wildman–Crippen MR) is 68.8 cm³/mol. The van der Waals surface area contributed by atoms with Gasteiger partial charge in [-0.2, -0.15) is 0 Å². The van der Waals surface area contributed by atoms with E-state index in [2.05, 4.69) is 26.6 Å². The summed E-state index contributed by atoms with van der Waals surface area (Å²) in [5, 5.41) is 6.87. The number of nitrogens with one attached hydrogen (secondary N) is 2. The van der Waals surface area contributed by atoms with Crippen molar-refractivity contribution in [3.05, 3.63) is 27.7 Å². The molecular weight excluding hydrogens is 291 g/mol. The second kappa shape index (κ2) is 5.06. The number of rotatable bonds is 3. The first-order valence-corrected chi connectivity index (χ1v) is 6.30. The molecule has 1 amide bonds. The third kappa shape index (κ3) is 2.89. The number of hydrogen-bond donors (Lipinski definition) is 2. The normalized spacial score (nSPS) is 19.6. The SMILES string of the molecule is O=C1CCC(CNc2cc(Cl)ccc2Br)N1. The zero-order valence-corrected chi connectivity index (χ0v) is 10.9. The number of halogens is 2. The lowest BCUT2D eigenvalue weighted by molar-refractivity contribution is -0.119. The zero-order valence-electron chi connectivity index (χ0n) is 8.59. The van der Waals surface area contributed by atoms with Crippen molar-refractivity contribution >= 4 is 39.1 Å². The molecule has 86 valence electrons. The second-order valence-electron chi connectivity index (χ2n) is 3.81. The van der Waals surface area contributed by atoms with Crippen molar-refractivity contribution in [1.82, 2.24) is 5.32 Å². The molecule has 2 N–H and O–H groups in total. The molecule has 16 heavy (non-hydrogen) atoms. The van der Waals surface area contributed by atoms with Crippen LogP contribution in [0.15, 0.2) is 22.7 Å². The monoisotopic (exact) mass is 302 g/mol. The maximum atomic E-state index is 11.0. The van der Waals surface area contributed by atoms with E-state index in [0.29, 0.717) is 11.4 Å². The summed E-state index contributed by atoms with van der Waals surface area (Å²) in [7, 11) is 0. The molecule has 1 atom stereocenters. The van der Waals surface area contributed by atoms with Gasteiger partial charge in [-0.05, 0) is 40.5 Å². The summed E-state index contributed by atoms with van der Waals surface area (Å²) >= 11 is 9.35. The third-order valence-electron chi connectivity index (χ3n) is 2.55. The number of hydrogen-bond acceptors (Lipinski definition) is 2. The molecule has 1 aromatic carbocycles. The standard InChI is InChI=1S/C11H12BrClN2O/c12-9-3-1-7(13)5-10(9)14-6-8-2-4-11(16)15-8/h1,3,5,8,14H,2,4,6H2,(H,15,16). The first-order valence-electron chi connectivity index (χ1n) is 5.13. The van der Waals surface area contributed by atoms with Crippen LogP contribution < -0.4 is 10.6 Å². The average molecular weight is 304 g/mol. The molecule has 1 aliphatic heterocycles. The van der Waals surface area contributed by atoms with E-state index in [0.717, 1.165) is 23.1 Å². The molecule has 0 saturated carbocycles. The van der Waals surface area contributed by atoms with E-state index in [9.17, 15) is 4.79 Å². The van der Waals surface area contributed by atoms with Crippen LogP contribution in [0.4, 0.5) is 5.69 Å². The van der Waals surface area contributed by atoms with Crippen LogP contribution in [0.25, 0.3) is 0 Å². The Morgan fingerprint density at radius 3 is 3.06 bits per heavy atom. The molecule has 1 aromatic rings. The van der Waals surface area contributed by atoms with Gasteiger partial charge in [0.05, 0.1) is 0 Å². The Morgan fingerprint density at radius 1 is 1.56 bits per heavy atom. The van der Waals surface area contributed by atoms with Gasteiger partial charge in [0, 0.05) is 34.2 Å². The number of amides is 1. The lowest BCUT2D eigenvalue weighted by atomic mass is 10.2. The van der Waals surface area contributed by atoms with E-state index in [1.165, 1.54) is 0 Å². The largest absolute Gasteiger partial charge is 0.382 e. The fraction of sp³-hybridized carbons (Fsp3) is 0.364. The van der Waals surface area contributed by atoms with E-state index < -0.39 is 0 Å². The summed E-state index contributed by atoms with van der Waals surface area (Å²) in [5.41, 5.74) is 0.952. The molecule has 1 aliphatic rings. The quantitative estimate of drug-likeness (QED) is 0.901. The number of benzene rings is 1. The number of anilines is 1. The highest BCUT2D eigenvalue weighted by molar-refractivity contribution is 9.10. The average Bonchev–Trinajstić information content (AvgIpc) is 2.66. The van der Waals surface area contributed by atoms with Gasteiger partial charge in [-0.3, -0.25) is 4.79 Å². The van der Waals surface area contributed by atoms with Crippen molar-refractivity contribution in [1.29, 1.82) is 0 Å². The zero-order chi connectivity index (χ0) is 11.5. The van der Waals surface area contributed by atoms with Crippen LogP contribution >= 0.6 is 27.5 Å². The Balaban J connectivity index is 1.94. The molecule has 2 rings (SSSR count). The van der Waals surface area contributed by atoms with Gasteiger partial charge in [0.1, 0.15) is 0 Å². The molecular formula is C11H12BrClN2O. The predicted octanol–water partition coefficient (Wildman–Crippen LogP) is 2.79. The highest BCUT2D eigenvalue weighted by Crippen LogP contribution is 2.26. The molecule has 0 spiro atoms. The molecule has 5 heteroatoms. The molecule has 3 nitrogen and oxygen atoms in total. The Kier molecular flexibility index (Phi) is 3.71. The van der Waals surface area contributed by atoms with Gasteiger partial charge in [0.15, 0.2) is 0 Å². The number of carbonyl (C=O) groups excluding carboxylic acids is 1. The van der Waals surface area contributed by atoms with E-state index in [-0.39, 0.29) is 11.9 Å². The topological polar surface area (TPSA) is 41.1 Å². The number of carbonyl (C=O) groups is 1. The molecule has 0 aliphatic carbocycles. The third-order valence-corrected chi connectivity index (χ3v) is 3.48. The lowest BCUT2D eigenvalue weighted by Gasteiger charge is -2.13. The van der Waals surface area contributed by atoms with Gasteiger partial charge in [-0.25, -0.2) is 0 Å². The van der Waals surface area contributed by atoms with Gasteiger partial charge in [0.25, 0.3) is 0 Å². The second-order valence-corrected chi connectivity index (χ2v) is 5.10. The lowest BCUT2D eigenvalue weighted by Crippen LogP contribution is -2.31.